The van der Waals surface area contributed by atoms with Crippen molar-refractivity contribution in [3.05, 3.63) is 27.5 Å². The summed E-state index contributed by atoms with van der Waals surface area (Å²) in [5, 5.41) is 8.62. The predicted octanol–water partition coefficient (Wildman–Crippen LogP) is 3.39. The van der Waals surface area contributed by atoms with Crippen molar-refractivity contribution in [2.75, 3.05) is 0 Å². The molecule has 0 fully saturated rings. The highest BCUT2D eigenvalue weighted by atomic mass is 79.9. The average molecular weight is 281 g/mol. The summed E-state index contributed by atoms with van der Waals surface area (Å²) < 4.78 is 25.1. The standard InChI is InChI=1S/C8H4BrClF2N2/c9-6-4(2-13)3-14-7(8(11)12)5(6)1-10/h3,8H,1H2. The molecule has 0 N–H and O–H groups in total. The summed E-state index contributed by atoms with van der Waals surface area (Å²) in [6.45, 7) is 0. The van der Waals surface area contributed by atoms with Gasteiger partial charge in [0.2, 0.25) is 0 Å². The number of hydrogen-bond donors (Lipinski definition) is 0. The van der Waals surface area contributed by atoms with Crippen molar-refractivity contribution in [3.63, 3.8) is 0 Å². The Balaban J connectivity index is 3.38. The summed E-state index contributed by atoms with van der Waals surface area (Å²) in [6, 6.07) is 1.82. The Bertz CT molecular complexity index is 390. The van der Waals surface area contributed by atoms with Crippen LogP contribution in [0.1, 0.15) is 23.2 Å². The van der Waals surface area contributed by atoms with E-state index in [-0.39, 0.29) is 22.7 Å². The van der Waals surface area contributed by atoms with Crippen molar-refractivity contribution in [2.45, 2.75) is 12.3 Å². The number of hydrogen-bond acceptors (Lipinski definition) is 2. The molecule has 0 saturated heterocycles. The lowest BCUT2D eigenvalue weighted by atomic mass is 10.1. The van der Waals surface area contributed by atoms with Crippen molar-refractivity contribution < 1.29 is 8.78 Å². The number of halogens is 4. The van der Waals surface area contributed by atoms with E-state index < -0.39 is 6.43 Å². The van der Waals surface area contributed by atoms with E-state index in [0.29, 0.717) is 4.47 Å². The van der Waals surface area contributed by atoms with Crippen LogP contribution in [0.3, 0.4) is 0 Å². The van der Waals surface area contributed by atoms with Gasteiger partial charge in [-0.25, -0.2) is 8.78 Å². The Hall–Kier alpha value is -0.730. The van der Waals surface area contributed by atoms with Gasteiger partial charge in [-0.1, -0.05) is 0 Å². The van der Waals surface area contributed by atoms with Crippen molar-refractivity contribution in [2.24, 2.45) is 0 Å². The molecule has 0 atom stereocenters. The molecule has 14 heavy (non-hydrogen) atoms. The molecule has 0 aliphatic rings. The van der Waals surface area contributed by atoms with Crippen LogP contribution in [0.15, 0.2) is 10.7 Å². The topological polar surface area (TPSA) is 36.7 Å². The van der Waals surface area contributed by atoms with Crippen molar-refractivity contribution >= 4 is 27.5 Å². The average Bonchev–Trinajstić information content (AvgIpc) is 2.17. The molecule has 1 heterocycles. The third kappa shape index (κ3) is 2.02. The van der Waals surface area contributed by atoms with E-state index in [9.17, 15) is 8.78 Å². The molecular formula is C8H4BrClF2N2. The largest absolute Gasteiger partial charge is 0.280 e. The van der Waals surface area contributed by atoms with Crippen LogP contribution in [0, 0.1) is 11.3 Å². The van der Waals surface area contributed by atoms with Gasteiger partial charge in [-0.15, -0.1) is 11.6 Å². The van der Waals surface area contributed by atoms with E-state index in [1.165, 1.54) is 0 Å². The lowest BCUT2D eigenvalue weighted by molar-refractivity contribution is 0.145. The van der Waals surface area contributed by atoms with Crippen molar-refractivity contribution in [1.82, 2.24) is 4.98 Å². The molecule has 74 valence electrons. The van der Waals surface area contributed by atoms with Gasteiger partial charge >= 0.3 is 0 Å². The second kappa shape index (κ2) is 4.67. The van der Waals surface area contributed by atoms with Gasteiger partial charge in [0.15, 0.2) is 0 Å². The fourth-order valence-electron chi connectivity index (χ4n) is 0.937. The molecule has 0 amide bonds. The number of nitriles is 1. The SMILES string of the molecule is N#Cc1cnc(C(F)F)c(CCl)c1Br. The highest BCUT2D eigenvalue weighted by molar-refractivity contribution is 9.10. The molecule has 2 nitrogen and oxygen atoms in total. The van der Waals surface area contributed by atoms with E-state index in [1.54, 1.807) is 0 Å². The van der Waals surface area contributed by atoms with Crippen LogP contribution in [0.4, 0.5) is 8.78 Å². The summed E-state index contributed by atoms with van der Waals surface area (Å²) in [6.07, 6.45) is -1.59. The van der Waals surface area contributed by atoms with Gasteiger partial charge in [0.25, 0.3) is 6.43 Å². The maximum Gasteiger partial charge on any atom is 0.280 e. The van der Waals surface area contributed by atoms with Gasteiger partial charge in [-0.2, -0.15) is 5.26 Å². The van der Waals surface area contributed by atoms with Gasteiger partial charge in [0.1, 0.15) is 11.8 Å². The molecule has 0 saturated carbocycles. The van der Waals surface area contributed by atoms with Crippen molar-refractivity contribution in [3.8, 4) is 6.07 Å². The summed E-state index contributed by atoms with van der Waals surface area (Å²) in [7, 11) is 0. The minimum Gasteiger partial charge on any atom is -0.253 e. The van der Waals surface area contributed by atoms with Crippen LogP contribution in [0.2, 0.25) is 0 Å². The zero-order valence-corrected chi connectivity index (χ0v) is 9.11. The molecule has 0 aliphatic carbocycles. The monoisotopic (exact) mass is 280 g/mol. The van der Waals surface area contributed by atoms with Gasteiger partial charge in [-0.05, 0) is 15.9 Å². The fourth-order valence-corrected chi connectivity index (χ4v) is 1.90. The Morgan fingerprint density at radius 2 is 2.29 bits per heavy atom. The number of nitrogens with zero attached hydrogens (tertiary/aromatic N) is 2. The van der Waals surface area contributed by atoms with Crippen LogP contribution < -0.4 is 0 Å². The van der Waals surface area contributed by atoms with E-state index in [0.717, 1.165) is 6.20 Å². The minimum atomic E-state index is -2.69. The van der Waals surface area contributed by atoms with Gasteiger partial charge in [0, 0.05) is 16.2 Å². The van der Waals surface area contributed by atoms with E-state index in [2.05, 4.69) is 20.9 Å². The molecular weight excluding hydrogens is 277 g/mol. The molecule has 0 aromatic carbocycles. The molecule has 0 unspecified atom stereocenters. The first kappa shape index (κ1) is 11.3. The lowest BCUT2D eigenvalue weighted by Crippen LogP contribution is -1.99. The smallest absolute Gasteiger partial charge is 0.253 e. The fraction of sp³-hybridized carbons (Fsp3) is 0.250. The number of rotatable bonds is 2. The van der Waals surface area contributed by atoms with Gasteiger partial charge in [0.05, 0.1) is 11.4 Å². The summed E-state index contributed by atoms with van der Waals surface area (Å²) in [5.41, 5.74) is -0.0170. The van der Waals surface area contributed by atoms with E-state index >= 15 is 0 Å². The second-order valence-electron chi connectivity index (χ2n) is 2.40. The third-order valence-corrected chi connectivity index (χ3v) is 2.78. The molecule has 1 rings (SSSR count). The molecule has 1 aromatic heterocycles. The van der Waals surface area contributed by atoms with Crippen LogP contribution in [-0.4, -0.2) is 4.98 Å². The van der Waals surface area contributed by atoms with Crippen molar-refractivity contribution in [1.29, 1.82) is 5.26 Å². The Morgan fingerprint density at radius 1 is 1.64 bits per heavy atom. The number of alkyl halides is 3. The molecule has 0 spiro atoms. The quantitative estimate of drug-likeness (QED) is 0.779. The lowest BCUT2D eigenvalue weighted by Gasteiger charge is -2.07. The van der Waals surface area contributed by atoms with E-state index in [4.69, 9.17) is 16.9 Å². The summed E-state index contributed by atoms with van der Waals surface area (Å²) in [5.74, 6) is -0.108. The van der Waals surface area contributed by atoms with E-state index in [1.807, 2.05) is 6.07 Å². The van der Waals surface area contributed by atoms with Crippen LogP contribution in [0.25, 0.3) is 0 Å². The first-order valence-corrected chi connectivity index (χ1v) is 4.86. The Labute approximate surface area is 92.6 Å². The predicted molar refractivity (Wildman–Crippen MR) is 51.2 cm³/mol. The van der Waals surface area contributed by atoms with Crippen LogP contribution in [0.5, 0.6) is 0 Å². The summed E-state index contributed by atoms with van der Waals surface area (Å²) in [4.78, 5) is 3.49. The normalized spacial score (nSPS) is 10.3. The highest BCUT2D eigenvalue weighted by Crippen LogP contribution is 2.30. The second-order valence-corrected chi connectivity index (χ2v) is 3.46. The zero-order chi connectivity index (χ0) is 10.7. The van der Waals surface area contributed by atoms with Gasteiger partial charge < -0.3 is 0 Å². The minimum absolute atomic E-state index is 0.108. The maximum absolute atomic E-state index is 12.4. The summed E-state index contributed by atoms with van der Waals surface area (Å²) >= 11 is 8.54. The molecule has 1 aromatic rings. The number of aromatic nitrogens is 1. The Kier molecular flexibility index (Phi) is 3.78. The first-order chi connectivity index (χ1) is 6.61. The number of pyridine rings is 1. The van der Waals surface area contributed by atoms with Gasteiger partial charge in [-0.3, -0.25) is 4.98 Å². The highest BCUT2D eigenvalue weighted by Gasteiger charge is 2.18. The molecule has 6 heteroatoms. The third-order valence-electron chi connectivity index (χ3n) is 1.60. The first-order valence-electron chi connectivity index (χ1n) is 3.53. The Morgan fingerprint density at radius 3 is 2.71 bits per heavy atom. The zero-order valence-electron chi connectivity index (χ0n) is 6.77. The molecule has 0 radical (unpaired) electrons. The molecule has 0 aliphatic heterocycles. The van der Waals surface area contributed by atoms with Crippen LogP contribution in [-0.2, 0) is 5.88 Å². The molecule has 0 bridgehead atoms. The maximum atomic E-state index is 12.4. The van der Waals surface area contributed by atoms with Crippen LogP contribution >= 0.6 is 27.5 Å².